The zero-order valence-electron chi connectivity index (χ0n) is 13.9. The van der Waals surface area contributed by atoms with Gasteiger partial charge in [-0.3, -0.25) is 9.48 Å². The zero-order chi connectivity index (χ0) is 17.4. The first-order valence-corrected chi connectivity index (χ1v) is 8.47. The average molecular weight is 348 g/mol. The molecule has 1 aliphatic carbocycles. The van der Waals surface area contributed by atoms with Gasteiger partial charge in [0.05, 0.1) is 18.2 Å². The molecule has 1 aliphatic rings. The third kappa shape index (κ3) is 3.06. The Bertz CT molecular complexity index is 750. The first-order chi connectivity index (χ1) is 11.3. The molecule has 0 spiro atoms. The number of rotatable bonds is 5. The second-order valence-electron chi connectivity index (χ2n) is 6.81. The number of aromatic nitrogens is 2. The Morgan fingerprint density at radius 2 is 2.25 bits per heavy atom. The number of aryl methyl sites for hydroxylation is 1. The van der Waals surface area contributed by atoms with Crippen LogP contribution in [0.1, 0.15) is 37.3 Å². The minimum absolute atomic E-state index is 0.0554. The van der Waals surface area contributed by atoms with E-state index in [2.05, 4.69) is 10.4 Å². The molecule has 1 fully saturated rings. The molecule has 1 saturated carbocycles. The molecular weight excluding hydrogens is 326 g/mol. The fourth-order valence-electron chi connectivity index (χ4n) is 3.19. The quantitative estimate of drug-likeness (QED) is 0.873. The number of halogens is 1. The predicted octanol–water partition coefficient (Wildman–Crippen LogP) is 2.52. The van der Waals surface area contributed by atoms with Gasteiger partial charge in [0.1, 0.15) is 5.60 Å². The Hall–Kier alpha value is -1.85. The Kier molecular flexibility index (Phi) is 4.40. The van der Waals surface area contributed by atoms with Gasteiger partial charge in [0.15, 0.2) is 0 Å². The molecule has 128 valence electrons. The topological polar surface area (TPSA) is 67.2 Å². The molecule has 6 heteroatoms. The lowest BCUT2D eigenvalue weighted by Gasteiger charge is -2.41. The van der Waals surface area contributed by atoms with Crippen molar-refractivity contribution in [2.24, 2.45) is 7.05 Å². The van der Waals surface area contributed by atoms with E-state index in [1.165, 1.54) is 0 Å². The summed E-state index contributed by atoms with van der Waals surface area (Å²) in [6.07, 6.45) is 5.98. The molecule has 0 saturated heterocycles. The second kappa shape index (κ2) is 6.22. The Morgan fingerprint density at radius 3 is 2.79 bits per heavy atom. The number of carbonyl (C=O) groups is 1. The van der Waals surface area contributed by atoms with Crippen LogP contribution in [0.2, 0.25) is 5.02 Å². The van der Waals surface area contributed by atoms with Crippen LogP contribution >= 0.6 is 11.6 Å². The number of benzene rings is 1. The molecule has 1 heterocycles. The number of amides is 1. The highest BCUT2D eigenvalue weighted by atomic mass is 35.5. The summed E-state index contributed by atoms with van der Waals surface area (Å²) in [7, 11) is 1.79. The fraction of sp³-hybridized carbons (Fsp3) is 0.444. The summed E-state index contributed by atoms with van der Waals surface area (Å²) in [4.78, 5) is 12.9. The zero-order valence-corrected chi connectivity index (χ0v) is 14.7. The molecule has 1 aromatic carbocycles. The van der Waals surface area contributed by atoms with Gasteiger partial charge in [-0.05, 0) is 37.5 Å². The third-order valence-corrected chi connectivity index (χ3v) is 5.17. The van der Waals surface area contributed by atoms with Crippen molar-refractivity contribution in [1.29, 1.82) is 0 Å². The van der Waals surface area contributed by atoms with E-state index >= 15 is 0 Å². The van der Waals surface area contributed by atoms with Crippen molar-refractivity contribution >= 4 is 17.5 Å². The molecule has 1 amide bonds. The highest BCUT2D eigenvalue weighted by molar-refractivity contribution is 6.30. The average Bonchev–Trinajstić information content (AvgIpc) is 2.92. The summed E-state index contributed by atoms with van der Waals surface area (Å²) in [5, 5.41) is 18.3. The number of hydrogen-bond acceptors (Lipinski definition) is 3. The largest absolute Gasteiger partial charge is 0.383 e. The summed E-state index contributed by atoms with van der Waals surface area (Å²) < 4.78 is 1.63. The molecular formula is C18H22ClN3O2. The highest BCUT2D eigenvalue weighted by Gasteiger charge is 2.46. The lowest BCUT2D eigenvalue weighted by molar-refractivity contribution is -0.131. The summed E-state index contributed by atoms with van der Waals surface area (Å²) in [6, 6.07) is 7.49. The Labute approximate surface area is 146 Å². The van der Waals surface area contributed by atoms with Crippen LogP contribution in [0.3, 0.4) is 0 Å². The van der Waals surface area contributed by atoms with Crippen molar-refractivity contribution in [3.8, 4) is 0 Å². The van der Waals surface area contributed by atoms with Crippen molar-refractivity contribution in [2.75, 3.05) is 6.54 Å². The van der Waals surface area contributed by atoms with E-state index in [0.29, 0.717) is 10.6 Å². The van der Waals surface area contributed by atoms with E-state index in [4.69, 9.17) is 11.6 Å². The standard InChI is InChI=1S/C18H22ClN3O2/c1-17(24,14-10-21-22(2)11-14)12-20-16(23)18(7-4-8-18)13-5-3-6-15(19)9-13/h3,5-6,9-11,24H,4,7-8,12H2,1-2H3,(H,20,23). The smallest absolute Gasteiger partial charge is 0.230 e. The maximum atomic E-state index is 12.9. The lowest BCUT2D eigenvalue weighted by atomic mass is 9.63. The molecule has 5 nitrogen and oxygen atoms in total. The maximum Gasteiger partial charge on any atom is 0.230 e. The molecule has 0 bridgehead atoms. The van der Waals surface area contributed by atoms with E-state index in [0.717, 1.165) is 24.8 Å². The van der Waals surface area contributed by atoms with Gasteiger partial charge < -0.3 is 10.4 Å². The molecule has 3 rings (SSSR count). The van der Waals surface area contributed by atoms with Crippen LogP contribution in [0.15, 0.2) is 36.7 Å². The molecule has 24 heavy (non-hydrogen) atoms. The van der Waals surface area contributed by atoms with Gasteiger partial charge in [-0.1, -0.05) is 30.2 Å². The van der Waals surface area contributed by atoms with Crippen molar-refractivity contribution in [3.05, 3.63) is 52.8 Å². The van der Waals surface area contributed by atoms with Crippen LogP contribution in [-0.4, -0.2) is 27.3 Å². The summed E-state index contributed by atoms with van der Waals surface area (Å²) in [6.45, 7) is 1.82. The van der Waals surface area contributed by atoms with Gasteiger partial charge in [0.25, 0.3) is 0 Å². The third-order valence-electron chi connectivity index (χ3n) is 4.94. The van der Waals surface area contributed by atoms with Crippen LogP contribution in [-0.2, 0) is 22.9 Å². The Morgan fingerprint density at radius 1 is 1.50 bits per heavy atom. The van der Waals surface area contributed by atoms with Crippen LogP contribution in [0.4, 0.5) is 0 Å². The highest BCUT2D eigenvalue weighted by Crippen LogP contribution is 2.44. The monoisotopic (exact) mass is 347 g/mol. The molecule has 2 N–H and O–H groups in total. The van der Waals surface area contributed by atoms with E-state index in [1.807, 2.05) is 24.3 Å². The van der Waals surface area contributed by atoms with Gasteiger partial charge in [-0.2, -0.15) is 5.10 Å². The number of nitrogens with one attached hydrogen (secondary N) is 1. The summed E-state index contributed by atoms with van der Waals surface area (Å²) in [5.74, 6) is -0.0554. The second-order valence-corrected chi connectivity index (χ2v) is 7.24. The number of carbonyl (C=O) groups excluding carboxylic acids is 1. The summed E-state index contributed by atoms with van der Waals surface area (Å²) in [5.41, 5.74) is -0.0745. The molecule has 0 radical (unpaired) electrons. The molecule has 2 aromatic rings. The number of nitrogens with zero attached hydrogens (tertiary/aromatic N) is 2. The van der Waals surface area contributed by atoms with Crippen molar-refractivity contribution in [1.82, 2.24) is 15.1 Å². The van der Waals surface area contributed by atoms with Gasteiger partial charge in [0, 0.05) is 23.8 Å². The van der Waals surface area contributed by atoms with E-state index in [1.54, 1.807) is 31.0 Å². The van der Waals surface area contributed by atoms with E-state index in [-0.39, 0.29) is 12.5 Å². The van der Waals surface area contributed by atoms with Gasteiger partial charge in [-0.25, -0.2) is 0 Å². The predicted molar refractivity (Wildman–Crippen MR) is 92.8 cm³/mol. The van der Waals surface area contributed by atoms with Crippen molar-refractivity contribution in [3.63, 3.8) is 0 Å². The minimum Gasteiger partial charge on any atom is -0.383 e. The van der Waals surface area contributed by atoms with E-state index < -0.39 is 11.0 Å². The van der Waals surface area contributed by atoms with Crippen LogP contribution in [0.25, 0.3) is 0 Å². The number of aliphatic hydroxyl groups is 1. The molecule has 1 atom stereocenters. The molecule has 1 unspecified atom stereocenters. The van der Waals surface area contributed by atoms with Crippen LogP contribution < -0.4 is 5.32 Å². The minimum atomic E-state index is -1.16. The van der Waals surface area contributed by atoms with Crippen LogP contribution in [0.5, 0.6) is 0 Å². The van der Waals surface area contributed by atoms with Gasteiger partial charge in [-0.15, -0.1) is 0 Å². The SMILES string of the molecule is Cn1cc(C(C)(O)CNC(=O)C2(c3cccc(Cl)c3)CCC2)cn1. The van der Waals surface area contributed by atoms with Gasteiger partial charge >= 0.3 is 0 Å². The first-order valence-electron chi connectivity index (χ1n) is 8.09. The first kappa shape index (κ1) is 17.0. The fourth-order valence-corrected chi connectivity index (χ4v) is 3.38. The normalized spacial score (nSPS) is 18.5. The Balaban J connectivity index is 1.74. The van der Waals surface area contributed by atoms with E-state index in [9.17, 15) is 9.90 Å². The van der Waals surface area contributed by atoms with Gasteiger partial charge in [0.2, 0.25) is 5.91 Å². The lowest BCUT2D eigenvalue weighted by Crippen LogP contribution is -2.52. The maximum absolute atomic E-state index is 12.9. The molecule has 1 aromatic heterocycles. The molecule has 0 aliphatic heterocycles. The number of hydrogen-bond donors (Lipinski definition) is 2. The van der Waals surface area contributed by atoms with Crippen molar-refractivity contribution < 1.29 is 9.90 Å². The van der Waals surface area contributed by atoms with Crippen LogP contribution in [0, 0.1) is 0 Å². The summed E-state index contributed by atoms with van der Waals surface area (Å²) >= 11 is 6.09. The van der Waals surface area contributed by atoms with Crippen molar-refractivity contribution in [2.45, 2.75) is 37.2 Å².